The third kappa shape index (κ3) is 3.98. The van der Waals surface area contributed by atoms with E-state index in [0.717, 1.165) is 30.2 Å². The molecule has 1 aromatic heterocycles. The summed E-state index contributed by atoms with van der Waals surface area (Å²) in [5.74, 6) is 1.54. The van der Waals surface area contributed by atoms with Crippen LogP contribution in [-0.4, -0.2) is 41.4 Å². The van der Waals surface area contributed by atoms with Gasteiger partial charge in [-0.1, -0.05) is 33.6 Å². The number of methoxy groups -OCH3 is 1. The molecule has 1 unspecified atom stereocenters. The van der Waals surface area contributed by atoms with Gasteiger partial charge in [-0.3, -0.25) is 4.90 Å². The Kier molecular flexibility index (Phi) is 7.18. The summed E-state index contributed by atoms with van der Waals surface area (Å²) in [5.41, 5.74) is 8.25. The SMILES string of the molecule is CCC(CC)CN(CC)C(CN)c1c(C)nn(C)c1OC. The molecule has 0 spiro atoms. The van der Waals surface area contributed by atoms with Crippen LogP contribution in [0.2, 0.25) is 0 Å². The number of ether oxygens (including phenoxy) is 1. The molecule has 122 valence electrons. The van der Waals surface area contributed by atoms with Gasteiger partial charge in [-0.05, 0) is 19.4 Å². The molecule has 0 aliphatic carbocycles. The Morgan fingerprint density at radius 3 is 2.33 bits per heavy atom. The fourth-order valence-corrected chi connectivity index (χ4v) is 3.08. The fourth-order valence-electron chi connectivity index (χ4n) is 3.08. The van der Waals surface area contributed by atoms with Crippen molar-refractivity contribution >= 4 is 0 Å². The Bertz CT molecular complexity index is 426. The molecule has 0 saturated heterocycles. The molecule has 1 atom stereocenters. The number of aromatic nitrogens is 2. The summed E-state index contributed by atoms with van der Waals surface area (Å²) in [4.78, 5) is 2.46. The first kappa shape index (κ1) is 18.0. The summed E-state index contributed by atoms with van der Waals surface area (Å²) >= 11 is 0. The van der Waals surface area contributed by atoms with Gasteiger partial charge < -0.3 is 10.5 Å². The maximum Gasteiger partial charge on any atom is 0.216 e. The van der Waals surface area contributed by atoms with E-state index in [1.54, 1.807) is 11.8 Å². The molecule has 0 amide bonds. The lowest BCUT2D eigenvalue weighted by molar-refractivity contribution is 0.170. The van der Waals surface area contributed by atoms with Gasteiger partial charge in [0.25, 0.3) is 0 Å². The molecule has 0 radical (unpaired) electrons. The van der Waals surface area contributed by atoms with E-state index in [1.807, 2.05) is 14.0 Å². The van der Waals surface area contributed by atoms with Crippen molar-refractivity contribution in [3.8, 4) is 5.88 Å². The van der Waals surface area contributed by atoms with Crippen molar-refractivity contribution in [1.82, 2.24) is 14.7 Å². The summed E-state index contributed by atoms with van der Waals surface area (Å²) < 4.78 is 7.35. The molecule has 0 aliphatic heterocycles. The Balaban J connectivity index is 3.10. The predicted molar refractivity (Wildman–Crippen MR) is 87.6 cm³/mol. The first-order valence-electron chi connectivity index (χ1n) is 8.05. The summed E-state index contributed by atoms with van der Waals surface area (Å²) in [7, 11) is 3.62. The van der Waals surface area contributed by atoms with E-state index in [9.17, 15) is 0 Å². The van der Waals surface area contributed by atoms with Crippen molar-refractivity contribution in [2.24, 2.45) is 18.7 Å². The highest BCUT2D eigenvalue weighted by atomic mass is 16.5. The topological polar surface area (TPSA) is 56.3 Å². The highest BCUT2D eigenvalue weighted by Gasteiger charge is 2.27. The van der Waals surface area contributed by atoms with E-state index in [0.29, 0.717) is 12.5 Å². The first-order chi connectivity index (χ1) is 10.0. The minimum atomic E-state index is 0.166. The molecular formula is C16H32N4O. The lowest BCUT2D eigenvalue weighted by atomic mass is 9.99. The Morgan fingerprint density at radius 2 is 1.90 bits per heavy atom. The quantitative estimate of drug-likeness (QED) is 0.760. The maximum absolute atomic E-state index is 6.11. The highest BCUT2D eigenvalue weighted by Crippen LogP contribution is 2.32. The molecule has 0 aromatic carbocycles. The molecule has 1 rings (SSSR count). The highest BCUT2D eigenvalue weighted by molar-refractivity contribution is 5.34. The van der Waals surface area contributed by atoms with Crippen LogP contribution in [-0.2, 0) is 7.05 Å². The van der Waals surface area contributed by atoms with E-state index in [-0.39, 0.29) is 6.04 Å². The number of hydrogen-bond acceptors (Lipinski definition) is 4. The molecule has 0 bridgehead atoms. The minimum Gasteiger partial charge on any atom is -0.481 e. The average molecular weight is 296 g/mol. The smallest absolute Gasteiger partial charge is 0.216 e. The van der Waals surface area contributed by atoms with Crippen molar-refractivity contribution in [3.63, 3.8) is 0 Å². The fraction of sp³-hybridized carbons (Fsp3) is 0.812. The van der Waals surface area contributed by atoms with Crippen LogP contribution in [0.25, 0.3) is 0 Å². The lowest BCUT2D eigenvalue weighted by Crippen LogP contribution is -2.37. The van der Waals surface area contributed by atoms with Crippen LogP contribution < -0.4 is 10.5 Å². The van der Waals surface area contributed by atoms with Gasteiger partial charge >= 0.3 is 0 Å². The maximum atomic E-state index is 6.11. The van der Waals surface area contributed by atoms with Crippen LogP contribution in [0.5, 0.6) is 5.88 Å². The molecule has 21 heavy (non-hydrogen) atoms. The Morgan fingerprint density at radius 1 is 1.29 bits per heavy atom. The molecule has 5 nitrogen and oxygen atoms in total. The third-order valence-electron chi connectivity index (χ3n) is 4.46. The van der Waals surface area contributed by atoms with E-state index in [2.05, 4.69) is 30.8 Å². The second-order valence-corrected chi connectivity index (χ2v) is 5.65. The van der Waals surface area contributed by atoms with Crippen LogP contribution in [0.15, 0.2) is 0 Å². The van der Waals surface area contributed by atoms with Crippen molar-refractivity contribution in [2.45, 2.75) is 46.6 Å². The number of rotatable bonds is 9. The zero-order valence-corrected chi connectivity index (χ0v) is 14.5. The number of hydrogen-bond donors (Lipinski definition) is 1. The van der Waals surface area contributed by atoms with Crippen LogP contribution >= 0.6 is 0 Å². The normalized spacial score (nSPS) is 13.2. The number of nitrogens with two attached hydrogens (primary N) is 1. The summed E-state index contributed by atoms with van der Waals surface area (Å²) in [6.45, 7) is 11.4. The van der Waals surface area contributed by atoms with Crippen molar-refractivity contribution in [2.75, 3.05) is 26.7 Å². The van der Waals surface area contributed by atoms with Gasteiger partial charge in [0.15, 0.2) is 0 Å². The summed E-state index contributed by atoms with van der Waals surface area (Å²) in [5, 5.41) is 4.50. The molecule has 0 fully saturated rings. The average Bonchev–Trinajstić information content (AvgIpc) is 2.77. The largest absolute Gasteiger partial charge is 0.481 e. The van der Waals surface area contributed by atoms with Gasteiger partial charge in [0.05, 0.1) is 24.4 Å². The number of likely N-dealkylation sites (N-methyl/N-ethyl adjacent to an activating group) is 1. The van der Waals surface area contributed by atoms with Gasteiger partial charge in [0, 0.05) is 20.1 Å². The third-order valence-corrected chi connectivity index (χ3v) is 4.46. The van der Waals surface area contributed by atoms with Gasteiger partial charge in [0.1, 0.15) is 0 Å². The zero-order valence-electron chi connectivity index (χ0n) is 14.5. The van der Waals surface area contributed by atoms with Crippen LogP contribution in [0, 0.1) is 12.8 Å². The molecule has 1 heterocycles. The van der Waals surface area contributed by atoms with Crippen LogP contribution in [0.4, 0.5) is 0 Å². The Labute approximate surface area is 129 Å². The minimum absolute atomic E-state index is 0.166. The van der Waals surface area contributed by atoms with Crippen molar-refractivity contribution < 1.29 is 4.74 Å². The molecular weight excluding hydrogens is 264 g/mol. The molecule has 5 heteroatoms. The predicted octanol–water partition coefficient (Wildman–Crippen LogP) is 2.50. The lowest BCUT2D eigenvalue weighted by Gasteiger charge is -2.33. The molecule has 0 saturated carbocycles. The number of nitrogens with zero attached hydrogens (tertiary/aromatic N) is 3. The molecule has 1 aromatic rings. The van der Waals surface area contributed by atoms with Crippen molar-refractivity contribution in [3.05, 3.63) is 11.3 Å². The van der Waals surface area contributed by atoms with Crippen molar-refractivity contribution in [1.29, 1.82) is 0 Å². The van der Waals surface area contributed by atoms with Gasteiger partial charge in [-0.2, -0.15) is 5.10 Å². The molecule has 0 aliphatic rings. The van der Waals surface area contributed by atoms with E-state index in [4.69, 9.17) is 10.5 Å². The van der Waals surface area contributed by atoms with E-state index < -0.39 is 0 Å². The van der Waals surface area contributed by atoms with Gasteiger partial charge in [-0.25, -0.2) is 4.68 Å². The first-order valence-corrected chi connectivity index (χ1v) is 8.05. The van der Waals surface area contributed by atoms with E-state index >= 15 is 0 Å². The second kappa shape index (κ2) is 8.39. The zero-order chi connectivity index (χ0) is 16.0. The monoisotopic (exact) mass is 296 g/mol. The second-order valence-electron chi connectivity index (χ2n) is 5.65. The van der Waals surface area contributed by atoms with Crippen LogP contribution in [0.1, 0.15) is 50.9 Å². The van der Waals surface area contributed by atoms with E-state index in [1.165, 1.54) is 12.8 Å². The summed E-state index contributed by atoms with van der Waals surface area (Å²) in [6.07, 6.45) is 2.40. The summed E-state index contributed by atoms with van der Waals surface area (Å²) in [6, 6.07) is 0.166. The Hall–Kier alpha value is -1.07. The van der Waals surface area contributed by atoms with Crippen LogP contribution in [0.3, 0.4) is 0 Å². The standard InChI is InChI=1S/C16H32N4O/c1-7-13(8-2)11-20(9-3)14(10-17)15-12(4)18-19(5)16(15)21-6/h13-14H,7-11,17H2,1-6H3. The molecule has 2 N–H and O–H groups in total. The van der Waals surface area contributed by atoms with Gasteiger partial charge in [-0.15, -0.1) is 0 Å². The van der Waals surface area contributed by atoms with Gasteiger partial charge in [0.2, 0.25) is 5.88 Å². The number of aryl methyl sites for hydroxylation is 2.